The topological polar surface area (TPSA) is 151 Å². The van der Waals surface area contributed by atoms with Crippen molar-refractivity contribution in [2.24, 2.45) is 5.92 Å². The average Bonchev–Trinajstić information content (AvgIpc) is 3.36. The molecule has 0 saturated carbocycles. The highest BCUT2D eigenvalue weighted by molar-refractivity contribution is 7.55. The molecule has 15 heteroatoms. The van der Waals surface area contributed by atoms with Crippen molar-refractivity contribution in [1.82, 2.24) is 9.55 Å². The van der Waals surface area contributed by atoms with Gasteiger partial charge in [-0.25, -0.2) is 4.79 Å². The summed E-state index contributed by atoms with van der Waals surface area (Å²) >= 11 is 0. The molecule has 258 valence electrons. The van der Waals surface area contributed by atoms with Crippen LogP contribution in [0.15, 0.2) is 102 Å². The molecule has 5 atom stereocenters. The Morgan fingerprint density at radius 1 is 1.06 bits per heavy atom. The van der Waals surface area contributed by atoms with Crippen LogP contribution in [0, 0.1) is 5.92 Å². The largest absolute Gasteiger partial charge is 0.573 e. The van der Waals surface area contributed by atoms with E-state index in [4.69, 9.17) is 28.2 Å². The van der Waals surface area contributed by atoms with E-state index in [2.05, 4.69) is 10.3 Å². The van der Waals surface area contributed by atoms with Crippen LogP contribution in [0.3, 0.4) is 0 Å². The molecule has 0 bridgehead atoms. The maximum absolute atomic E-state index is 15.9. The number of nitrogens with zero attached hydrogens (tertiary/aromatic N) is 2. The number of hydrogen-bond acceptors (Lipinski definition) is 10. The molecule has 2 saturated heterocycles. The maximum atomic E-state index is 15.9. The Hall–Kier alpha value is -4.30. The van der Waals surface area contributed by atoms with Gasteiger partial charge in [-0.1, -0.05) is 79.7 Å². The van der Waals surface area contributed by atoms with Crippen LogP contribution < -0.4 is 15.7 Å². The Bertz CT molecular complexity index is 1780. The van der Waals surface area contributed by atoms with Gasteiger partial charge in [0.1, 0.15) is 36.4 Å². The number of alkyl halides is 2. The Morgan fingerprint density at radius 3 is 2.24 bits per heavy atom. The van der Waals surface area contributed by atoms with E-state index in [0.717, 1.165) is 22.9 Å². The molecule has 1 unspecified atom stereocenters. The Labute approximate surface area is 280 Å². The van der Waals surface area contributed by atoms with E-state index in [9.17, 15) is 14.5 Å². The Morgan fingerprint density at radius 2 is 1.67 bits per heavy atom. The number of carboxylic acids is 1. The second-order valence-electron chi connectivity index (χ2n) is 11.7. The number of carboxylic acid groups (broad SMARTS) is 1. The minimum Gasteiger partial charge on any atom is -0.497 e. The minimum absolute atomic E-state index is 0.0102. The van der Waals surface area contributed by atoms with Crippen LogP contribution in [0.2, 0.25) is 0 Å². The second kappa shape index (κ2) is 13.9. The van der Waals surface area contributed by atoms with Crippen molar-refractivity contribution in [1.29, 1.82) is 0 Å². The molecule has 2 aliphatic rings. The highest BCUT2D eigenvalue weighted by Gasteiger charge is 2.70. The molecule has 3 aromatic carbocycles. The lowest BCUT2D eigenvalue weighted by atomic mass is 9.77. The smallest absolute Gasteiger partial charge is 0.497 e. The molecule has 0 aliphatic carbocycles. The number of ether oxygens (including phenoxy) is 2. The summed E-state index contributed by atoms with van der Waals surface area (Å²) in [6.07, 6.45) is -4.33. The van der Waals surface area contributed by atoms with Gasteiger partial charge in [0, 0.05) is 6.20 Å². The first-order valence-electron chi connectivity index (χ1n) is 15.4. The molecule has 12 nitrogen and oxygen atoms in total. The van der Waals surface area contributed by atoms with Gasteiger partial charge in [-0.05, 0) is 41.3 Å². The fourth-order valence-corrected chi connectivity index (χ4v) is 7.33. The predicted molar refractivity (Wildman–Crippen MR) is 174 cm³/mol. The number of hydrogen-bond donors (Lipinski definition) is 3. The summed E-state index contributed by atoms with van der Waals surface area (Å²) in [6, 6.07) is 27.9. The van der Waals surface area contributed by atoms with E-state index >= 15 is 8.78 Å². The molecule has 49 heavy (non-hydrogen) atoms. The fraction of sp³-hybridized carbons (Fsp3) is 0.324. The first-order chi connectivity index (χ1) is 23.5. The first-order valence-corrected chi connectivity index (χ1v) is 16.9. The minimum atomic E-state index is -4.23. The van der Waals surface area contributed by atoms with Crippen LogP contribution in [-0.4, -0.2) is 64.0 Å². The lowest BCUT2D eigenvalue weighted by Gasteiger charge is -2.37. The van der Waals surface area contributed by atoms with Crippen LogP contribution in [0.5, 0.6) is 5.75 Å². The summed E-state index contributed by atoms with van der Waals surface area (Å²) in [6.45, 7) is 0.633. The van der Waals surface area contributed by atoms with Gasteiger partial charge in [-0.15, -0.1) is 4.52 Å². The van der Waals surface area contributed by atoms with Crippen molar-refractivity contribution in [2.75, 3.05) is 25.6 Å². The highest BCUT2D eigenvalue weighted by Crippen LogP contribution is 2.65. The van der Waals surface area contributed by atoms with Crippen molar-refractivity contribution in [2.45, 2.75) is 43.2 Å². The molecule has 6 rings (SSSR count). The average molecular weight is 699 g/mol. The van der Waals surface area contributed by atoms with E-state index in [1.54, 1.807) is 7.11 Å². The molecule has 0 radical (unpaired) electrons. The monoisotopic (exact) mass is 698 g/mol. The molecular weight excluding hydrogens is 663 g/mol. The quantitative estimate of drug-likeness (QED) is 0.129. The van der Waals surface area contributed by atoms with Gasteiger partial charge in [-0.3, -0.25) is 9.36 Å². The number of benzene rings is 3. The fourth-order valence-electron chi connectivity index (χ4n) is 5.90. The lowest BCUT2D eigenvalue weighted by Crippen LogP contribution is -2.46. The number of carbonyl (C=O) groups is 1. The Kier molecular flexibility index (Phi) is 9.81. The van der Waals surface area contributed by atoms with E-state index in [1.807, 2.05) is 84.9 Å². The third kappa shape index (κ3) is 6.80. The number of rotatable bonds is 12. The molecule has 3 N–H and O–H groups in total. The molecular formula is C34H35F2N3O9P+. The molecule has 0 spiro atoms. The third-order valence-corrected chi connectivity index (χ3v) is 10.0. The summed E-state index contributed by atoms with van der Waals surface area (Å²) in [5, 5.41) is 12.5. The molecule has 3 heterocycles. The van der Waals surface area contributed by atoms with Gasteiger partial charge in [0.05, 0.1) is 13.0 Å². The third-order valence-electron chi connectivity index (χ3n) is 8.56. The number of anilines is 1. The van der Waals surface area contributed by atoms with Gasteiger partial charge in [0.15, 0.2) is 0 Å². The van der Waals surface area contributed by atoms with Gasteiger partial charge in [-0.2, -0.15) is 27.7 Å². The van der Waals surface area contributed by atoms with E-state index in [1.165, 1.54) is 13.0 Å². The van der Waals surface area contributed by atoms with Crippen molar-refractivity contribution >= 4 is 20.0 Å². The van der Waals surface area contributed by atoms with E-state index < -0.39 is 62.3 Å². The number of halogens is 2. The molecule has 1 aromatic heterocycles. The molecule has 2 aliphatic heterocycles. The molecule has 2 fully saturated rings. The maximum Gasteiger partial charge on any atom is 0.573 e. The zero-order valence-corrected chi connectivity index (χ0v) is 27.4. The summed E-state index contributed by atoms with van der Waals surface area (Å²) in [5.74, 6) is -4.95. The number of nitrogens with one attached hydrogen (secondary N) is 1. The van der Waals surface area contributed by atoms with Crippen molar-refractivity contribution < 1.29 is 46.6 Å². The highest BCUT2D eigenvalue weighted by atomic mass is 31.2. The summed E-state index contributed by atoms with van der Waals surface area (Å²) in [4.78, 5) is 39.4. The zero-order chi connectivity index (χ0) is 34.8. The lowest BCUT2D eigenvalue weighted by molar-refractivity contribution is -0.143. The van der Waals surface area contributed by atoms with Crippen molar-refractivity contribution in [3.05, 3.63) is 124 Å². The van der Waals surface area contributed by atoms with Gasteiger partial charge >= 0.3 is 25.8 Å². The van der Waals surface area contributed by atoms with Crippen LogP contribution >= 0.6 is 8.17 Å². The number of aromatic nitrogens is 2. The van der Waals surface area contributed by atoms with Gasteiger partial charge in [0.2, 0.25) is 12.3 Å². The normalized spacial score (nSPS) is 23.7. The van der Waals surface area contributed by atoms with Gasteiger partial charge < -0.3 is 19.9 Å². The van der Waals surface area contributed by atoms with Gasteiger partial charge in [0.25, 0.3) is 0 Å². The molecule has 4 aromatic rings. The van der Waals surface area contributed by atoms with Crippen LogP contribution in [0.1, 0.15) is 36.3 Å². The first kappa shape index (κ1) is 34.6. The SMILES string of the molecule is COc1ccc(C(Nc2ccn([C@@H]3O[C@@H]4CO[P+](O)(OCC[C@H](C)C(=O)O)O[C@H]4C3(F)F)c(=O)n2)(c2ccccc2)c2ccccc2)cc1. The number of methoxy groups -OCH3 is 1. The summed E-state index contributed by atoms with van der Waals surface area (Å²) in [5.41, 5.74) is 0.325. The number of fused-ring (bicyclic) bond motifs is 1. The van der Waals surface area contributed by atoms with Crippen LogP contribution in [0.4, 0.5) is 14.6 Å². The Balaban J connectivity index is 1.30. The zero-order valence-electron chi connectivity index (χ0n) is 26.5. The van der Waals surface area contributed by atoms with Crippen LogP contribution in [0.25, 0.3) is 0 Å². The standard InChI is InChI=1S/C34H34F2N3O9P/c1-22(30(40)41)18-20-45-49(43)46-21-27-29(48-49)34(35,36)31(47-27)39-19-17-28(37-32(39)42)38-33(23-9-5-3-6-10-23,24-11-7-4-8-12-24)25-13-15-26(44-2)16-14-25/h3-17,19,22,27,29,31,43H,18,20-21H2,1-2H3,(H-,37,38,40,41,42)/p+1/t22-,27+,29+,31+,49?/m0/s1. The summed E-state index contributed by atoms with van der Waals surface area (Å²) in [7, 11) is -2.66. The predicted octanol–water partition coefficient (Wildman–Crippen LogP) is 5.40. The van der Waals surface area contributed by atoms with E-state index in [0.29, 0.717) is 10.3 Å². The second-order valence-corrected chi connectivity index (χ2v) is 13.4. The summed E-state index contributed by atoms with van der Waals surface area (Å²) < 4.78 is 59.0. The van der Waals surface area contributed by atoms with Crippen LogP contribution in [-0.2, 0) is 28.6 Å². The van der Waals surface area contributed by atoms with Crippen molar-refractivity contribution in [3.63, 3.8) is 0 Å². The molecule has 0 amide bonds. The van der Waals surface area contributed by atoms with E-state index in [-0.39, 0.29) is 18.8 Å². The number of aliphatic carboxylic acids is 1. The van der Waals surface area contributed by atoms with Crippen molar-refractivity contribution in [3.8, 4) is 5.75 Å².